The zero-order valence-corrected chi connectivity index (χ0v) is 21.7. The summed E-state index contributed by atoms with van der Waals surface area (Å²) in [5.74, 6) is 0.572. The van der Waals surface area contributed by atoms with Crippen molar-refractivity contribution in [3.8, 4) is 0 Å². The molecule has 196 valence electrons. The van der Waals surface area contributed by atoms with Crippen molar-refractivity contribution < 1.29 is 17.9 Å². The largest absolute Gasteiger partial charge is 0.386 e. The number of aliphatic hydroxyl groups is 1. The summed E-state index contributed by atoms with van der Waals surface area (Å²) in [6.07, 6.45) is 3.80. The summed E-state index contributed by atoms with van der Waals surface area (Å²) in [6, 6.07) is 13.2. The first-order chi connectivity index (χ1) is 17.6. The van der Waals surface area contributed by atoms with Crippen LogP contribution in [0.15, 0.2) is 59.6 Å². The van der Waals surface area contributed by atoms with Crippen molar-refractivity contribution in [2.75, 3.05) is 36.8 Å². The second kappa shape index (κ2) is 9.97. The number of β-amino-alcohol motifs (C(OH)–C–C–N with tert-alkyl or cyclic N) is 1. The number of likely N-dealkylation sites (tertiary alicyclic amines) is 1. The number of anilines is 4. The highest BCUT2D eigenvalue weighted by Crippen LogP contribution is 2.31. The number of nitrogens with zero attached hydrogens (tertiary/aromatic N) is 4. The first-order valence-corrected chi connectivity index (χ1v) is 13.8. The van der Waals surface area contributed by atoms with Crippen LogP contribution in [0.2, 0.25) is 0 Å². The molecule has 1 atom stereocenters. The molecule has 0 aliphatic carbocycles. The molecule has 3 aromatic rings. The first kappa shape index (κ1) is 25.5. The Hall–Kier alpha value is -3.12. The van der Waals surface area contributed by atoms with Crippen LogP contribution in [-0.2, 0) is 10.0 Å². The van der Waals surface area contributed by atoms with E-state index in [-0.39, 0.29) is 23.8 Å². The Balaban J connectivity index is 1.20. The van der Waals surface area contributed by atoms with Crippen LogP contribution in [0.3, 0.4) is 0 Å². The number of hydrogen-bond donors (Lipinski definition) is 3. The van der Waals surface area contributed by atoms with Crippen LogP contribution in [0.5, 0.6) is 0 Å². The van der Waals surface area contributed by atoms with Crippen molar-refractivity contribution in [2.45, 2.75) is 43.2 Å². The van der Waals surface area contributed by atoms with E-state index in [1.807, 2.05) is 0 Å². The van der Waals surface area contributed by atoms with Gasteiger partial charge in [-0.1, -0.05) is 0 Å². The fourth-order valence-corrected chi connectivity index (χ4v) is 6.43. The van der Waals surface area contributed by atoms with Gasteiger partial charge >= 0.3 is 0 Å². The Morgan fingerprint density at radius 3 is 2.51 bits per heavy atom. The quantitative estimate of drug-likeness (QED) is 0.408. The van der Waals surface area contributed by atoms with Gasteiger partial charge in [-0.05, 0) is 87.3 Å². The summed E-state index contributed by atoms with van der Waals surface area (Å²) in [5, 5.41) is 17.0. The molecule has 2 aliphatic heterocycles. The van der Waals surface area contributed by atoms with Gasteiger partial charge in [0, 0.05) is 43.2 Å². The molecule has 0 radical (unpaired) electrons. The van der Waals surface area contributed by atoms with Gasteiger partial charge < -0.3 is 15.7 Å². The monoisotopic (exact) mass is 526 g/mol. The van der Waals surface area contributed by atoms with Gasteiger partial charge in [0.25, 0.3) is 0 Å². The van der Waals surface area contributed by atoms with E-state index in [2.05, 4.69) is 32.4 Å². The zero-order chi connectivity index (χ0) is 26.2. The number of rotatable bonds is 8. The van der Waals surface area contributed by atoms with Crippen molar-refractivity contribution in [3.05, 3.63) is 66.1 Å². The van der Waals surface area contributed by atoms with E-state index < -0.39 is 15.6 Å². The van der Waals surface area contributed by atoms with E-state index in [1.54, 1.807) is 43.5 Å². The number of aromatic nitrogens is 2. The topological polar surface area (TPSA) is 111 Å². The van der Waals surface area contributed by atoms with Crippen molar-refractivity contribution in [1.29, 1.82) is 0 Å². The minimum Gasteiger partial charge on any atom is -0.386 e. The summed E-state index contributed by atoms with van der Waals surface area (Å²) >= 11 is 0. The van der Waals surface area contributed by atoms with E-state index in [9.17, 15) is 17.9 Å². The average molecular weight is 527 g/mol. The van der Waals surface area contributed by atoms with Gasteiger partial charge in [-0.15, -0.1) is 0 Å². The lowest BCUT2D eigenvalue weighted by Gasteiger charge is -2.47. The predicted octanol–water partition coefficient (Wildman–Crippen LogP) is 3.63. The standard InChI is InChI=1S/C26H31FN6O3S/c1-18-14-21(7-10-23(18)27)29-24-11-12-28-25(31-24)30-20-5-8-22(9-6-20)37(35,36)33-16-26(34,17-33)15-32-13-3-4-19(32)2/h5-12,14,19,34H,3-4,13,15-17H2,1-2H3,(H2,28,29,30,31). The molecule has 1 aromatic heterocycles. The van der Waals surface area contributed by atoms with Crippen molar-refractivity contribution in [3.63, 3.8) is 0 Å². The van der Waals surface area contributed by atoms with E-state index in [0.29, 0.717) is 41.3 Å². The van der Waals surface area contributed by atoms with Gasteiger partial charge in [-0.2, -0.15) is 9.29 Å². The highest BCUT2D eigenvalue weighted by Gasteiger charge is 2.48. The molecule has 37 heavy (non-hydrogen) atoms. The molecule has 2 saturated heterocycles. The third-order valence-corrected chi connectivity index (χ3v) is 8.77. The number of sulfonamides is 1. The second-order valence-electron chi connectivity index (χ2n) is 9.96. The molecule has 2 fully saturated rings. The molecular formula is C26H31FN6O3S. The maximum atomic E-state index is 13.5. The van der Waals surface area contributed by atoms with Crippen LogP contribution in [0.4, 0.5) is 27.5 Å². The van der Waals surface area contributed by atoms with E-state index in [0.717, 1.165) is 19.4 Å². The number of nitrogens with one attached hydrogen (secondary N) is 2. The summed E-state index contributed by atoms with van der Waals surface area (Å²) in [7, 11) is -3.70. The number of aryl methyl sites for hydroxylation is 1. The summed E-state index contributed by atoms with van der Waals surface area (Å²) < 4.78 is 41.0. The fourth-order valence-electron chi connectivity index (χ4n) is 4.83. The Morgan fingerprint density at radius 1 is 1.11 bits per heavy atom. The molecule has 0 bridgehead atoms. The normalized spacial score (nSPS) is 19.9. The maximum Gasteiger partial charge on any atom is 0.243 e. The molecule has 11 heteroatoms. The average Bonchev–Trinajstić information content (AvgIpc) is 3.24. The van der Waals surface area contributed by atoms with Crippen LogP contribution in [0.1, 0.15) is 25.3 Å². The molecule has 2 aromatic carbocycles. The van der Waals surface area contributed by atoms with Gasteiger partial charge in [0.2, 0.25) is 16.0 Å². The van der Waals surface area contributed by atoms with E-state index in [1.165, 1.54) is 22.5 Å². The Bertz CT molecular complexity index is 1380. The third kappa shape index (κ3) is 5.59. The molecule has 1 unspecified atom stereocenters. The molecule has 3 heterocycles. The maximum absolute atomic E-state index is 13.5. The molecule has 0 spiro atoms. The summed E-state index contributed by atoms with van der Waals surface area (Å²) in [5.41, 5.74) is 0.843. The Kier molecular flexibility index (Phi) is 6.88. The van der Waals surface area contributed by atoms with Crippen molar-refractivity contribution in [1.82, 2.24) is 19.2 Å². The van der Waals surface area contributed by atoms with Crippen LogP contribution in [-0.4, -0.2) is 70.5 Å². The van der Waals surface area contributed by atoms with Crippen LogP contribution in [0.25, 0.3) is 0 Å². The van der Waals surface area contributed by atoms with Crippen molar-refractivity contribution >= 4 is 33.2 Å². The van der Waals surface area contributed by atoms with Gasteiger partial charge in [-0.3, -0.25) is 4.90 Å². The molecule has 2 aliphatic rings. The van der Waals surface area contributed by atoms with Crippen molar-refractivity contribution in [2.24, 2.45) is 0 Å². The first-order valence-electron chi connectivity index (χ1n) is 12.3. The third-order valence-electron chi connectivity index (χ3n) is 6.96. The second-order valence-corrected chi connectivity index (χ2v) is 11.9. The highest BCUT2D eigenvalue weighted by molar-refractivity contribution is 7.89. The molecule has 3 N–H and O–H groups in total. The smallest absolute Gasteiger partial charge is 0.243 e. The SMILES string of the molecule is Cc1cc(Nc2ccnc(Nc3ccc(S(=O)(=O)N4CC(O)(CN5CCCC5C)C4)cc3)n2)ccc1F. The van der Waals surface area contributed by atoms with Crippen LogP contribution < -0.4 is 10.6 Å². The number of hydrogen-bond acceptors (Lipinski definition) is 8. The molecule has 0 amide bonds. The van der Waals surface area contributed by atoms with E-state index in [4.69, 9.17) is 0 Å². The van der Waals surface area contributed by atoms with Gasteiger partial charge in [0.15, 0.2) is 0 Å². The highest BCUT2D eigenvalue weighted by atomic mass is 32.2. The number of benzene rings is 2. The lowest BCUT2D eigenvalue weighted by Crippen LogP contribution is -2.67. The van der Waals surface area contributed by atoms with Gasteiger partial charge in [0.05, 0.1) is 4.90 Å². The number of halogens is 1. The predicted molar refractivity (Wildman–Crippen MR) is 140 cm³/mol. The molecule has 5 rings (SSSR count). The summed E-state index contributed by atoms with van der Waals surface area (Å²) in [6.45, 7) is 5.47. The van der Waals surface area contributed by atoms with Gasteiger partial charge in [-0.25, -0.2) is 17.8 Å². The minimum absolute atomic E-state index is 0.0970. The zero-order valence-electron chi connectivity index (χ0n) is 20.9. The minimum atomic E-state index is -3.70. The van der Waals surface area contributed by atoms with Crippen LogP contribution >= 0.6 is 0 Å². The van der Waals surface area contributed by atoms with E-state index >= 15 is 0 Å². The van der Waals surface area contributed by atoms with Crippen LogP contribution in [0, 0.1) is 12.7 Å². The van der Waals surface area contributed by atoms with Gasteiger partial charge in [0.1, 0.15) is 17.2 Å². The Morgan fingerprint density at radius 2 is 1.84 bits per heavy atom. The molecular weight excluding hydrogens is 495 g/mol. The lowest BCUT2D eigenvalue weighted by molar-refractivity contribution is -0.0810. The fraction of sp³-hybridized carbons (Fsp3) is 0.385. The lowest BCUT2D eigenvalue weighted by atomic mass is 9.96. The Labute approximate surface area is 216 Å². The molecule has 0 saturated carbocycles. The summed E-state index contributed by atoms with van der Waals surface area (Å²) in [4.78, 5) is 11.0. The molecule has 9 nitrogen and oxygen atoms in total.